The molecule has 0 spiro atoms. The van der Waals surface area contributed by atoms with Crippen LogP contribution in [-0.2, 0) is 16.1 Å². The van der Waals surface area contributed by atoms with E-state index >= 15 is 0 Å². The van der Waals surface area contributed by atoms with E-state index in [1.807, 2.05) is 6.07 Å². The monoisotopic (exact) mass is 406 g/mol. The van der Waals surface area contributed by atoms with Gasteiger partial charge in [0.1, 0.15) is 18.3 Å². The van der Waals surface area contributed by atoms with Crippen LogP contribution in [0.1, 0.15) is 44.1 Å². The Morgan fingerprint density at radius 2 is 1.86 bits per heavy atom. The number of hydrogen-bond donors (Lipinski definition) is 5. The fourth-order valence-electron chi connectivity index (χ4n) is 3.80. The van der Waals surface area contributed by atoms with Gasteiger partial charge in [0.05, 0.1) is 12.5 Å². The van der Waals surface area contributed by atoms with Gasteiger partial charge >= 0.3 is 6.03 Å². The molecule has 2 aliphatic rings. The van der Waals surface area contributed by atoms with Gasteiger partial charge in [0, 0.05) is 31.5 Å². The molecule has 1 aromatic rings. The van der Waals surface area contributed by atoms with Crippen molar-refractivity contribution in [1.29, 1.82) is 0 Å². The molecule has 9 heteroatoms. The molecule has 0 radical (unpaired) electrons. The van der Waals surface area contributed by atoms with Gasteiger partial charge in [0.2, 0.25) is 5.91 Å². The zero-order valence-corrected chi connectivity index (χ0v) is 16.4. The number of ether oxygens (including phenoxy) is 1. The molecule has 2 heterocycles. The summed E-state index contributed by atoms with van der Waals surface area (Å²) in [5.41, 5.74) is 0.861. The Bertz CT molecular complexity index is 668. The number of aromatic nitrogens is 1. The van der Waals surface area contributed by atoms with E-state index < -0.39 is 24.4 Å². The first kappa shape index (κ1) is 21.5. The molecule has 1 aliphatic heterocycles. The predicted octanol–water partition coefficient (Wildman–Crippen LogP) is 0.209. The molecule has 2 fully saturated rings. The molecule has 0 aromatic carbocycles. The smallest absolute Gasteiger partial charge is 0.315 e. The van der Waals surface area contributed by atoms with Crippen LogP contribution in [0, 0.1) is 0 Å². The second-order valence-corrected chi connectivity index (χ2v) is 7.73. The number of nitrogens with zero attached hydrogens (tertiary/aromatic N) is 1. The summed E-state index contributed by atoms with van der Waals surface area (Å²) in [6.45, 7) is 0.384. The molecule has 1 saturated heterocycles. The van der Waals surface area contributed by atoms with Crippen LogP contribution in [0.3, 0.4) is 0 Å². The van der Waals surface area contributed by atoms with Crippen LogP contribution in [0.15, 0.2) is 24.5 Å². The largest absolute Gasteiger partial charge is 0.388 e. The highest BCUT2D eigenvalue weighted by atomic mass is 16.5. The SMILES string of the molecule is O=C(C[C@@H]1O[C@H](CNC(=O)NC2CCCCC2)[C@@H](O)[C@H]1O)NCc1cccnc1. The minimum absolute atomic E-state index is 0.0601. The minimum atomic E-state index is -1.19. The second kappa shape index (κ2) is 10.5. The molecular weight excluding hydrogens is 376 g/mol. The van der Waals surface area contributed by atoms with E-state index in [1.54, 1.807) is 18.5 Å². The summed E-state index contributed by atoms with van der Waals surface area (Å²) in [5.74, 6) is -0.297. The van der Waals surface area contributed by atoms with E-state index in [0.29, 0.717) is 6.54 Å². The number of amides is 3. The number of carbonyl (C=O) groups is 2. The molecule has 4 atom stereocenters. The summed E-state index contributed by atoms with van der Waals surface area (Å²) in [6, 6.07) is 3.50. The second-order valence-electron chi connectivity index (χ2n) is 7.73. The topological polar surface area (TPSA) is 133 Å². The summed E-state index contributed by atoms with van der Waals surface area (Å²) in [5, 5.41) is 28.7. The lowest BCUT2D eigenvalue weighted by Gasteiger charge is -2.23. The summed E-state index contributed by atoms with van der Waals surface area (Å²) in [4.78, 5) is 28.2. The van der Waals surface area contributed by atoms with Crippen LogP contribution in [-0.4, -0.2) is 64.1 Å². The number of nitrogens with one attached hydrogen (secondary N) is 3. The molecule has 3 rings (SSSR count). The fourth-order valence-corrected chi connectivity index (χ4v) is 3.80. The zero-order chi connectivity index (χ0) is 20.6. The predicted molar refractivity (Wildman–Crippen MR) is 105 cm³/mol. The van der Waals surface area contributed by atoms with Crippen molar-refractivity contribution in [3.63, 3.8) is 0 Å². The van der Waals surface area contributed by atoms with Gasteiger partial charge in [0.25, 0.3) is 0 Å². The number of aliphatic hydroxyl groups excluding tert-OH is 2. The van der Waals surface area contributed by atoms with E-state index in [1.165, 1.54) is 6.42 Å². The molecule has 5 N–H and O–H groups in total. The average Bonchev–Trinajstić information content (AvgIpc) is 3.00. The van der Waals surface area contributed by atoms with E-state index in [4.69, 9.17) is 4.74 Å². The lowest BCUT2D eigenvalue weighted by molar-refractivity contribution is -0.125. The molecule has 3 amide bonds. The highest BCUT2D eigenvalue weighted by Gasteiger charge is 2.43. The molecular formula is C20H30N4O5. The van der Waals surface area contributed by atoms with E-state index in [0.717, 1.165) is 31.2 Å². The van der Waals surface area contributed by atoms with Crippen LogP contribution in [0.4, 0.5) is 4.79 Å². The molecule has 0 unspecified atom stereocenters. The first-order chi connectivity index (χ1) is 14.0. The zero-order valence-electron chi connectivity index (χ0n) is 16.4. The highest BCUT2D eigenvalue weighted by molar-refractivity contribution is 5.76. The summed E-state index contributed by atoms with van der Waals surface area (Å²) in [6.07, 6.45) is 4.68. The van der Waals surface area contributed by atoms with Crippen molar-refractivity contribution < 1.29 is 24.5 Å². The molecule has 1 aromatic heterocycles. The lowest BCUT2D eigenvalue weighted by atomic mass is 9.96. The maximum atomic E-state index is 12.1. The lowest BCUT2D eigenvalue weighted by Crippen LogP contribution is -2.47. The van der Waals surface area contributed by atoms with Gasteiger partial charge in [-0.2, -0.15) is 0 Å². The Morgan fingerprint density at radius 3 is 2.59 bits per heavy atom. The molecule has 160 valence electrons. The quantitative estimate of drug-likeness (QED) is 0.440. The summed E-state index contributed by atoms with van der Waals surface area (Å²) < 4.78 is 5.63. The summed E-state index contributed by atoms with van der Waals surface area (Å²) in [7, 11) is 0. The van der Waals surface area contributed by atoms with Crippen LogP contribution in [0.25, 0.3) is 0 Å². The molecule has 29 heavy (non-hydrogen) atoms. The standard InChI is InChI=1S/C20H30N4O5/c25-17(22-11-13-5-4-8-21-10-13)9-15-18(26)19(27)16(29-15)12-23-20(28)24-14-6-2-1-3-7-14/h4-5,8,10,14-16,18-19,26-27H,1-3,6-7,9,11-12H2,(H,22,25)(H2,23,24,28)/t15-,16+,18-,19+/m0/s1. The van der Waals surface area contributed by atoms with E-state index in [9.17, 15) is 19.8 Å². The maximum absolute atomic E-state index is 12.1. The van der Waals surface area contributed by atoms with E-state index in [-0.39, 0.29) is 30.9 Å². The van der Waals surface area contributed by atoms with Gasteiger partial charge in [-0.3, -0.25) is 9.78 Å². The highest BCUT2D eigenvalue weighted by Crippen LogP contribution is 2.23. The van der Waals surface area contributed by atoms with E-state index in [2.05, 4.69) is 20.9 Å². The minimum Gasteiger partial charge on any atom is -0.388 e. The van der Waals surface area contributed by atoms with Crippen LogP contribution in [0.2, 0.25) is 0 Å². The molecule has 1 saturated carbocycles. The van der Waals surface area contributed by atoms with Crippen molar-refractivity contribution in [3.8, 4) is 0 Å². The number of aliphatic hydroxyl groups is 2. The van der Waals surface area contributed by atoms with Gasteiger partial charge in [-0.1, -0.05) is 25.3 Å². The van der Waals surface area contributed by atoms with Gasteiger partial charge in [-0.15, -0.1) is 0 Å². The van der Waals surface area contributed by atoms with Crippen molar-refractivity contribution >= 4 is 11.9 Å². The number of carbonyl (C=O) groups excluding carboxylic acids is 2. The van der Waals surface area contributed by atoms with Gasteiger partial charge in [0.15, 0.2) is 0 Å². The number of rotatable bonds is 7. The van der Waals surface area contributed by atoms with Crippen LogP contribution in [0.5, 0.6) is 0 Å². The molecule has 0 bridgehead atoms. The fraction of sp³-hybridized carbons (Fsp3) is 0.650. The van der Waals surface area contributed by atoms with Gasteiger partial charge < -0.3 is 30.9 Å². The molecule has 9 nitrogen and oxygen atoms in total. The molecule has 1 aliphatic carbocycles. The Balaban J connectivity index is 1.39. The first-order valence-electron chi connectivity index (χ1n) is 10.2. The third-order valence-electron chi connectivity index (χ3n) is 5.46. The number of hydrogen-bond acceptors (Lipinski definition) is 6. The van der Waals surface area contributed by atoms with Gasteiger partial charge in [-0.05, 0) is 24.5 Å². The van der Waals surface area contributed by atoms with Crippen molar-refractivity contribution in [3.05, 3.63) is 30.1 Å². The number of pyridine rings is 1. The Labute approximate surface area is 170 Å². The summed E-state index contributed by atoms with van der Waals surface area (Å²) >= 11 is 0. The average molecular weight is 406 g/mol. The van der Waals surface area contributed by atoms with Crippen LogP contribution < -0.4 is 16.0 Å². The normalized spacial score (nSPS) is 27.4. The van der Waals surface area contributed by atoms with Crippen molar-refractivity contribution in [2.45, 2.75) is 75.5 Å². The van der Waals surface area contributed by atoms with Crippen molar-refractivity contribution in [2.75, 3.05) is 6.54 Å². The number of urea groups is 1. The maximum Gasteiger partial charge on any atom is 0.315 e. The van der Waals surface area contributed by atoms with Gasteiger partial charge in [-0.25, -0.2) is 4.79 Å². The Kier molecular flexibility index (Phi) is 7.79. The van der Waals surface area contributed by atoms with Crippen molar-refractivity contribution in [2.24, 2.45) is 0 Å². The third-order valence-corrected chi connectivity index (χ3v) is 5.46. The Morgan fingerprint density at radius 1 is 1.10 bits per heavy atom. The van der Waals surface area contributed by atoms with Crippen molar-refractivity contribution in [1.82, 2.24) is 20.9 Å². The van der Waals surface area contributed by atoms with Crippen LogP contribution >= 0.6 is 0 Å². The third kappa shape index (κ3) is 6.38. The first-order valence-corrected chi connectivity index (χ1v) is 10.2. The Hall–Kier alpha value is -2.23.